The molecule has 0 atom stereocenters. The van der Waals surface area contributed by atoms with Crippen molar-refractivity contribution >= 4 is 12.4 Å². The zero-order valence-electron chi connectivity index (χ0n) is 7.89. The molecule has 1 aromatic carbocycles. The van der Waals surface area contributed by atoms with Gasteiger partial charge in [0, 0.05) is 0 Å². The van der Waals surface area contributed by atoms with Gasteiger partial charge in [-0.1, -0.05) is 0 Å². The number of hydrogen-bond acceptors (Lipinski definition) is 2. The van der Waals surface area contributed by atoms with Gasteiger partial charge in [0.1, 0.15) is 5.75 Å². The predicted molar refractivity (Wildman–Crippen MR) is 48.5 cm³/mol. The van der Waals surface area contributed by atoms with E-state index in [0.717, 1.165) is 0 Å². The Balaban J connectivity index is 0.00000256. The molecule has 0 bridgehead atoms. The highest BCUT2D eigenvalue weighted by Gasteiger charge is 2.37. The summed E-state index contributed by atoms with van der Waals surface area (Å²) >= 11 is 0. The molecule has 0 radical (unpaired) electrons. The highest BCUT2D eigenvalue weighted by molar-refractivity contribution is 5.85. The fourth-order valence-electron chi connectivity index (χ4n) is 0.994. The molecule has 0 aliphatic heterocycles. The Morgan fingerprint density at radius 3 is 1.41 bits per heavy atom. The van der Waals surface area contributed by atoms with Crippen molar-refractivity contribution in [3.63, 3.8) is 0 Å². The maximum Gasteiger partial charge on any atom is 0.416 e. The van der Waals surface area contributed by atoms with Crippen molar-refractivity contribution in [2.75, 3.05) is 0 Å². The largest absolute Gasteiger partial charge is 0.416 e. The van der Waals surface area contributed by atoms with E-state index in [0.29, 0.717) is 12.1 Å². The minimum atomic E-state index is -4.89. The van der Waals surface area contributed by atoms with Gasteiger partial charge in [-0.25, -0.2) is 0 Å². The smallest absolute Gasteiger partial charge is 0.411 e. The van der Waals surface area contributed by atoms with E-state index in [1.165, 1.54) is 0 Å². The van der Waals surface area contributed by atoms with Gasteiger partial charge in [0.05, 0.1) is 11.1 Å². The summed E-state index contributed by atoms with van der Waals surface area (Å²) in [5.74, 6) is 3.83. The number of benzene rings is 1. The van der Waals surface area contributed by atoms with Gasteiger partial charge in [-0.3, -0.25) is 0 Å². The van der Waals surface area contributed by atoms with Gasteiger partial charge in [0.2, 0.25) is 0 Å². The van der Waals surface area contributed by atoms with Crippen LogP contribution in [0.3, 0.4) is 0 Å². The maximum absolute atomic E-state index is 12.2. The van der Waals surface area contributed by atoms with E-state index in [4.69, 9.17) is 0 Å². The Kier molecular flexibility index (Phi) is 4.67. The fraction of sp³-hybridized carbons (Fsp3) is 0.250. The summed E-state index contributed by atoms with van der Waals surface area (Å²) in [7, 11) is 0. The molecule has 0 aromatic heterocycles. The normalized spacial score (nSPS) is 11.9. The molecule has 0 amide bonds. The van der Waals surface area contributed by atoms with Crippen LogP contribution in [0.5, 0.6) is 5.75 Å². The van der Waals surface area contributed by atoms with E-state index in [1.807, 2.05) is 0 Å². The molecule has 98 valence electrons. The molecule has 1 aromatic rings. The van der Waals surface area contributed by atoms with Crippen molar-refractivity contribution < 1.29 is 31.2 Å². The first-order valence-corrected chi connectivity index (χ1v) is 3.81. The van der Waals surface area contributed by atoms with E-state index in [9.17, 15) is 26.3 Å². The van der Waals surface area contributed by atoms with Gasteiger partial charge >= 0.3 is 12.4 Å². The SMILES string of the molecule is Cl.NOc1cc(C(F)(F)F)cc(C(F)(F)F)c1. The van der Waals surface area contributed by atoms with Gasteiger partial charge in [0.25, 0.3) is 0 Å². The molecule has 0 unspecified atom stereocenters. The standard InChI is InChI=1S/C8H5F6NO.ClH/c9-7(10,11)4-1-5(8(12,13)14)3-6(2-4)16-15;/h1-3H,15H2;1H. The topological polar surface area (TPSA) is 35.2 Å². The zero-order chi connectivity index (χ0) is 12.6. The number of nitrogens with two attached hydrogens (primary N) is 1. The quantitative estimate of drug-likeness (QED) is 0.632. The molecule has 2 N–H and O–H groups in total. The van der Waals surface area contributed by atoms with Gasteiger partial charge < -0.3 is 4.84 Å². The van der Waals surface area contributed by atoms with E-state index >= 15 is 0 Å². The van der Waals surface area contributed by atoms with Crippen molar-refractivity contribution in [2.45, 2.75) is 12.4 Å². The Labute approximate surface area is 97.7 Å². The number of halogens is 7. The van der Waals surface area contributed by atoms with E-state index < -0.39 is 29.2 Å². The van der Waals surface area contributed by atoms with Crippen LogP contribution in [0.4, 0.5) is 26.3 Å². The van der Waals surface area contributed by atoms with Crippen LogP contribution in [0.25, 0.3) is 0 Å². The lowest BCUT2D eigenvalue weighted by atomic mass is 10.1. The highest BCUT2D eigenvalue weighted by Crippen LogP contribution is 2.37. The first-order chi connectivity index (χ1) is 7.14. The molecule has 1 rings (SSSR count). The average molecular weight is 282 g/mol. The van der Waals surface area contributed by atoms with Gasteiger partial charge in [-0.15, -0.1) is 12.4 Å². The Hall–Kier alpha value is -1.15. The zero-order valence-corrected chi connectivity index (χ0v) is 8.71. The Morgan fingerprint density at radius 1 is 0.824 bits per heavy atom. The molecular weight excluding hydrogens is 276 g/mol. The summed E-state index contributed by atoms with van der Waals surface area (Å²) in [6.07, 6.45) is -9.79. The molecule has 0 aliphatic rings. The van der Waals surface area contributed by atoms with Crippen LogP contribution in [-0.2, 0) is 12.4 Å². The highest BCUT2D eigenvalue weighted by atomic mass is 35.5. The van der Waals surface area contributed by atoms with Gasteiger partial charge in [-0.05, 0) is 18.2 Å². The van der Waals surface area contributed by atoms with Crippen LogP contribution in [0.1, 0.15) is 11.1 Å². The molecule has 0 fully saturated rings. The van der Waals surface area contributed by atoms with E-state index in [-0.39, 0.29) is 18.5 Å². The second kappa shape index (κ2) is 5.01. The van der Waals surface area contributed by atoms with Gasteiger partial charge in [0.15, 0.2) is 0 Å². The summed E-state index contributed by atoms with van der Waals surface area (Å²) in [6, 6.07) is 0.757. The number of alkyl halides is 6. The lowest BCUT2D eigenvalue weighted by Gasteiger charge is -2.12. The third-order valence-corrected chi connectivity index (χ3v) is 1.70. The first-order valence-electron chi connectivity index (χ1n) is 3.81. The minimum absolute atomic E-state index is 0. The maximum atomic E-state index is 12.2. The van der Waals surface area contributed by atoms with Crippen LogP contribution in [0.2, 0.25) is 0 Å². The van der Waals surface area contributed by atoms with Crippen molar-refractivity contribution in [1.82, 2.24) is 0 Å². The van der Waals surface area contributed by atoms with E-state index in [2.05, 4.69) is 10.7 Å². The van der Waals surface area contributed by atoms with Crippen molar-refractivity contribution in [3.8, 4) is 5.75 Å². The third-order valence-electron chi connectivity index (χ3n) is 1.70. The van der Waals surface area contributed by atoms with Crippen LogP contribution >= 0.6 is 12.4 Å². The molecule has 17 heavy (non-hydrogen) atoms. The van der Waals surface area contributed by atoms with Crippen LogP contribution < -0.4 is 10.7 Å². The lowest BCUT2D eigenvalue weighted by Crippen LogP contribution is -2.12. The first kappa shape index (κ1) is 15.9. The molecule has 0 aliphatic carbocycles. The van der Waals surface area contributed by atoms with Gasteiger partial charge in [-0.2, -0.15) is 32.2 Å². The lowest BCUT2D eigenvalue weighted by molar-refractivity contribution is -0.143. The monoisotopic (exact) mass is 281 g/mol. The minimum Gasteiger partial charge on any atom is -0.411 e. The molecule has 0 saturated heterocycles. The predicted octanol–water partition coefficient (Wildman–Crippen LogP) is 3.40. The molecule has 0 heterocycles. The molecule has 9 heteroatoms. The van der Waals surface area contributed by atoms with Crippen molar-refractivity contribution in [2.24, 2.45) is 5.90 Å². The summed E-state index contributed by atoms with van der Waals surface area (Å²) in [5, 5.41) is 0. The molecular formula is C8H6ClF6NO. The average Bonchev–Trinajstić information content (AvgIpc) is 2.14. The third kappa shape index (κ3) is 3.97. The summed E-state index contributed by atoms with van der Waals surface area (Å²) in [6.45, 7) is 0. The molecule has 0 saturated carbocycles. The molecule has 0 spiro atoms. The fourth-order valence-corrected chi connectivity index (χ4v) is 0.994. The summed E-state index contributed by atoms with van der Waals surface area (Å²) < 4.78 is 73.3. The second-order valence-electron chi connectivity index (χ2n) is 2.86. The van der Waals surface area contributed by atoms with Crippen molar-refractivity contribution in [1.29, 1.82) is 0 Å². The number of hydrogen-bond donors (Lipinski definition) is 1. The second-order valence-corrected chi connectivity index (χ2v) is 2.86. The van der Waals surface area contributed by atoms with Crippen LogP contribution in [0.15, 0.2) is 18.2 Å². The Morgan fingerprint density at radius 2 is 1.18 bits per heavy atom. The summed E-state index contributed by atoms with van der Waals surface area (Å²) in [5.41, 5.74) is -2.94. The Bertz CT molecular complexity index is 356. The van der Waals surface area contributed by atoms with Crippen LogP contribution in [0, 0.1) is 0 Å². The number of rotatable bonds is 1. The van der Waals surface area contributed by atoms with Crippen LogP contribution in [-0.4, -0.2) is 0 Å². The van der Waals surface area contributed by atoms with E-state index in [1.54, 1.807) is 0 Å². The summed E-state index contributed by atoms with van der Waals surface area (Å²) in [4.78, 5) is 3.89. The molecule has 2 nitrogen and oxygen atoms in total. The van der Waals surface area contributed by atoms with Crippen molar-refractivity contribution in [3.05, 3.63) is 29.3 Å².